The van der Waals surface area contributed by atoms with Gasteiger partial charge >= 0.3 is 0 Å². The normalized spacial score (nSPS) is 23.6. The van der Waals surface area contributed by atoms with Gasteiger partial charge in [0.25, 0.3) is 17.7 Å². The summed E-state index contributed by atoms with van der Waals surface area (Å²) in [7, 11) is 0. The molecule has 9 heterocycles. The number of amides is 9. The number of nitrogens with one attached hydrogen (secondary N) is 6. The molecule has 6 fully saturated rings. The number of anilines is 3. The van der Waals surface area contributed by atoms with Gasteiger partial charge in [0.05, 0.1) is 47.9 Å². The molecule has 6 aromatic rings. The third kappa shape index (κ3) is 16.4. The first-order chi connectivity index (χ1) is 50.5. The van der Waals surface area contributed by atoms with E-state index in [0.717, 1.165) is 130 Å². The van der Waals surface area contributed by atoms with Crippen molar-refractivity contribution < 1.29 is 65.6 Å². The number of imide groups is 3. The van der Waals surface area contributed by atoms with Crippen LogP contribution < -0.4 is 31.9 Å². The first-order valence-electron chi connectivity index (χ1n) is 36.8. The monoisotopic (exact) mass is 1350 g/mol. The minimum atomic E-state index is -2.19. The first kappa shape index (κ1) is 60.5. The summed E-state index contributed by atoms with van der Waals surface area (Å²) in [5.41, 5.74) is 9.61. The molecule has 0 radical (unpaired) electrons. The van der Waals surface area contributed by atoms with E-state index in [1.54, 1.807) is 54.6 Å². The van der Waals surface area contributed by atoms with Gasteiger partial charge in [-0.25, -0.2) is 0 Å². The number of carbonyl (C=O) groups is 9. The summed E-state index contributed by atoms with van der Waals surface area (Å²) in [6.45, 7) is 7.58. The second-order valence-electron chi connectivity index (χ2n) is 25.6. The van der Waals surface area contributed by atoms with Gasteiger partial charge < -0.3 is 44.9 Å². The van der Waals surface area contributed by atoms with E-state index in [-0.39, 0.29) is 71.9 Å². The molecule has 0 aliphatic carbocycles. The maximum Gasteiger partial charge on any atom is 0.255 e. The SMILES string of the molecule is [2H]C1([2H])c2c(NCc3ccc(CN4CCOCC4)cc3)cccc2C(=O)N1C1CCC(=O)NC1=O.[2H]C1([2H])c2c(NCc3ccc(CN4CCOCC4)cc3)cccc2C(=O)N1[C@@H]1CCC(=O)NC1=O.[2H]C1([2H])c2c(NCc3ccc(CN4CCOCC4)cc3)cccc2C(=O)N1[C@H]1CCC(=O)NC1=O. The lowest BCUT2D eigenvalue weighted by atomic mass is 10.0. The number of hydrogen-bond donors (Lipinski definition) is 6. The Morgan fingerprint density at radius 1 is 0.354 bits per heavy atom. The Bertz CT molecular complexity index is 3880. The van der Waals surface area contributed by atoms with Crippen molar-refractivity contribution in [1.29, 1.82) is 0 Å². The van der Waals surface area contributed by atoms with E-state index in [1.807, 2.05) is 36.4 Å². The Morgan fingerprint density at radius 3 is 0.859 bits per heavy atom. The summed E-state index contributed by atoms with van der Waals surface area (Å²) in [5, 5.41) is 16.5. The number of hydrogen-bond acceptors (Lipinski definition) is 18. The Morgan fingerprint density at radius 2 is 0.606 bits per heavy atom. The smallest absolute Gasteiger partial charge is 0.255 e. The molecule has 6 N–H and O–H groups in total. The average Bonchev–Trinajstić information content (AvgIpc) is 1.59. The molecule has 0 aromatic heterocycles. The Balaban J connectivity index is 0.000000140. The summed E-state index contributed by atoms with van der Waals surface area (Å²) in [6.07, 6.45) is 0.508. The standard InChI is InChI=1S/3C25H28N4O4/c3*30-23-9-8-22(24(31)27-23)29-16-20-19(25(29)32)2-1-3-21(20)26-14-17-4-6-18(7-5-17)15-28-10-12-33-13-11-28/h3*1-7,22,26H,8-16H2,(H,27,30,31)/t2*22-;/m10./s1/i3*16D2. The van der Waals surface area contributed by atoms with Crippen LogP contribution in [0.15, 0.2) is 127 Å². The topological polar surface area (TPSA) is 273 Å². The Kier molecular flexibility index (Phi) is 19.2. The predicted octanol–water partition coefficient (Wildman–Crippen LogP) is 5.68. The molecular formula is C75H84N12O12. The van der Waals surface area contributed by atoms with Crippen LogP contribution in [0.2, 0.25) is 0 Å². The number of fused-ring (bicyclic) bond motifs is 3. The third-order valence-electron chi connectivity index (χ3n) is 18.9. The maximum atomic E-state index is 13.1. The van der Waals surface area contributed by atoms with Crippen molar-refractivity contribution in [2.75, 3.05) is 94.9 Å². The van der Waals surface area contributed by atoms with Gasteiger partial charge in [-0.2, -0.15) is 0 Å². The molecule has 15 rings (SSSR count). The van der Waals surface area contributed by atoms with Crippen LogP contribution in [0.4, 0.5) is 17.1 Å². The second-order valence-corrected chi connectivity index (χ2v) is 25.6. The van der Waals surface area contributed by atoms with Gasteiger partial charge in [0.2, 0.25) is 35.4 Å². The molecular weight excluding hydrogens is 1260 g/mol. The molecule has 99 heavy (non-hydrogen) atoms. The van der Waals surface area contributed by atoms with Gasteiger partial charge in [0.15, 0.2) is 0 Å². The highest BCUT2D eigenvalue weighted by Gasteiger charge is 2.43. The van der Waals surface area contributed by atoms with Crippen molar-refractivity contribution in [3.05, 3.63) is 194 Å². The average molecular weight is 1350 g/mol. The molecule has 0 spiro atoms. The van der Waals surface area contributed by atoms with Crippen molar-refractivity contribution in [1.82, 2.24) is 45.3 Å². The van der Waals surface area contributed by atoms with E-state index in [2.05, 4.69) is 83.0 Å². The van der Waals surface area contributed by atoms with E-state index in [4.69, 9.17) is 22.4 Å². The van der Waals surface area contributed by atoms with Crippen LogP contribution in [0.5, 0.6) is 0 Å². The molecule has 24 heteroatoms. The van der Waals surface area contributed by atoms with Crippen LogP contribution in [0.3, 0.4) is 0 Å². The highest BCUT2D eigenvalue weighted by Crippen LogP contribution is 2.36. The molecule has 24 nitrogen and oxygen atoms in total. The molecule has 516 valence electrons. The van der Waals surface area contributed by atoms with E-state index in [1.165, 1.54) is 16.7 Å². The number of carbonyl (C=O) groups excluding carboxylic acids is 9. The minimum absolute atomic E-state index is 0.0687. The zero-order valence-corrected chi connectivity index (χ0v) is 54.9. The number of benzene rings is 6. The maximum absolute atomic E-state index is 13.1. The third-order valence-corrected chi connectivity index (χ3v) is 18.9. The largest absolute Gasteiger partial charge is 0.381 e. The lowest BCUT2D eigenvalue weighted by Crippen LogP contribution is -2.52. The first-order valence-corrected chi connectivity index (χ1v) is 33.8. The molecule has 9 amide bonds. The summed E-state index contributed by atoms with van der Waals surface area (Å²) in [4.78, 5) is 121. The van der Waals surface area contributed by atoms with Crippen LogP contribution in [0.25, 0.3) is 0 Å². The molecule has 6 aromatic carbocycles. The highest BCUT2D eigenvalue weighted by molar-refractivity contribution is 6.08. The van der Waals surface area contributed by atoms with Gasteiger partial charge in [-0.15, -0.1) is 0 Å². The lowest BCUT2D eigenvalue weighted by molar-refractivity contribution is -0.138. The van der Waals surface area contributed by atoms with Gasteiger partial charge in [-0.3, -0.25) is 73.8 Å². The van der Waals surface area contributed by atoms with Crippen molar-refractivity contribution in [3.63, 3.8) is 0 Å². The summed E-state index contributed by atoms with van der Waals surface area (Å²) >= 11 is 0. The quantitative estimate of drug-likeness (QED) is 0.0565. The summed E-state index contributed by atoms with van der Waals surface area (Å²) in [5.74, 6) is -4.78. The van der Waals surface area contributed by atoms with Crippen molar-refractivity contribution >= 4 is 70.2 Å². The fourth-order valence-electron chi connectivity index (χ4n) is 13.3. The molecule has 6 saturated heterocycles. The minimum Gasteiger partial charge on any atom is -0.381 e. The fourth-order valence-corrected chi connectivity index (χ4v) is 13.3. The zero-order valence-electron chi connectivity index (χ0n) is 60.9. The fraction of sp³-hybridized carbons (Fsp3) is 0.400. The van der Waals surface area contributed by atoms with Crippen LogP contribution in [-0.4, -0.2) is 180 Å². The molecule has 0 saturated carbocycles. The van der Waals surface area contributed by atoms with Gasteiger partial charge in [-0.1, -0.05) is 91.0 Å². The van der Waals surface area contributed by atoms with E-state index >= 15 is 0 Å². The number of nitrogens with zero attached hydrogens (tertiary/aromatic N) is 6. The number of morpholine rings is 3. The van der Waals surface area contributed by atoms with E-state index in [0.29, 0.717) is 36.7 Å². The lowest BCUT2D eigenvalue weighted by Gasteiger charge is -2.29. The van der Waals surface area contributed by atoms with E-state index < -0.39 is 90.8 Å². The Hall–Kier alpha value is -9.69. The molecule has 0 bridgehead atoms. The van der Waals surface area contributed by atoms with Gasteiger partial charge in [-0.05, 0) is 89.0 Å². The van der Waals surface area contributed by atoms with Gasteiger partial charge in [0, 0.05) is 168 Å². The number of ether oxygens (including phenoxy) is 3. The number of piperidine rings is 3. The predicted molar refractivity (Wildman–Crippen MR) is 367 cm³/mol. The zero-order chi connectivity index (χ0) is 73.7. The van der Waals surface area contributed by atoms with Crippen LogP contribution in [0, 0.1) is 0 Å². The summed E-state index contributed by atoms with van der Waals surface area (Å²) in [6, 6.07) is 36.8. The molecule has 9 aliphatic rings. The number of rotatable bonds is 18. The van der Waals surface area contributed by atoms with Crippen molar-refractivity contribution in [3.8, 4) is 0 Å². The van der Waals surface area contributed by atoms with E-state index in [9.17, 15) is 43.2 Å². The second kappa shape index (κ2) is 31.4. The molecule has 3 atom stereocenters. The molecule has 1 unspecified atom stereocenters. The van der Waals surface area contributed by atoms with Crippen molar-refractivity contribution in [2.45, 2.75) is 115 Å². The summed E-state index contributed by atoms with van der Waals surface area (Å²) < 4.78 is 68.8. The highest BCUT2D eigenvalue weighted by atomic mass is 16.5. The van der Waals surface area contributed by atoms with Crippen molar-refractivity contribution in [2.24, 2.45) is 0 Å². The molecule has 9 aliphatic heterocycles. The Labute approximate surface area is 583 Å². The van der Waals surface area contributed by atoms with Crippen LogP contribution in [0.1, 0.15) is 128 Å². The van der Waals surface area contributed by atoms with Crippen LogP contribution in [-0.2, 0) is 102 Å². The van der Waals surface area contributed by atoms with Crippen LogP contribution >= 0.6 is 0 Å². The van der Waals surface area contributed by atoms with Gasteiger partial charge in [0.1, 0.15) is 18.1 Å².